The molecule has 3 aromatic carbocycles. The highest BCUT2D eigenvalue weighted by molar-refractivity contribution is 6.07. The number of benzene rings is 3. The maximum Gasteiger partial charge on any atom is 0.335 e. The largest absolute Gasteiger partial charge is 0.478 e. The Hall–Kier alpha value is -4.20. The van der Waals surface area contributed by atoms with Crippen LogP contribution in [0.25, 0.3) is 0 Å². The van der Waals surface area contributed by atoms with E-state index in [0.717, 1.165) is 42.7 Å². The topological polar surface area (TPSA) is 113 Å². The summed E-state index contributed by atoms with van der Waals surface area (Å²) < 4.78 is 0. The molecule has 1 aliphatic heterocycles. The van der Waals surface area contributed by atoms with Crippen molar-refractivity contribution in [3.05, 3.63) is 99.1 Å². The second-order valence-electron chi connectivity index (χ2n) is 8.66. The van der Waals surface area contributed by atoms with Crippen molar-refractivity contribution in [2.75, 3.05) is 23.3 Å². The van der Waals surface area contributed by atoms with Gasteiger partial charge in [0, 0.05) is 30.5 Å². The summed E-state index contributed by atoms with van der Waals surface area (Å²) in [6.45, 7) is 1.75. The van der Waals surface area contributed by atoms with Crippen molar-refractivity contribution < 1.29 is 19.6 Å². The van der Waals surface area contributed by atoms with E-state index in [0.29, 0.717) is 18.5 Å². The predicted octanol–water partition coefficient (Wildman–Crippen LogP) is 5.32. The van der Waals surface area contributed by atoms with E-state index >= 15 is 0 Å². The maximum absolute atomic E-state index is 13.1. The van der Waals surface area contributed by atoms with Gasteiger partial charge in [0.05, 0.1) is 10.5 Å². The van der Waals surface area contributed by atoms with Gasteiger partial charge in [-0.15, -0.1) is 0 Å². The number of amides is 1. The highest BCUT2D eigenvalue weighted by Gasteiger charge is 2.23. The molecule has 0 aromatic heterocycles. The minimum absolute atomic E-state index is 0.0435. The Labute approximate surface area is 203 Å². The van der Waals surface area contributed by atoms with Gasteiger partial charge in [-0.25, -0.2) is 4.79 Å². The first kappa shape index (κ1) is 23.9. The van der Waals surface area contributed by atoms with Gasteiger partial charge in [-0.2, -0.15) is 0 Å². The number of rotatable bonds is 8. The van der Waals surface area contributed by atoms with Gasteiger partial charge < -0.3 is 15.3 Å². The van der Waals surface area contributed by atoms with Gasteiger partial charge in [-0.05, 0) is 79.6 Å². The summed E-state index contributed by atoms with van der Waals surface area (Å²) >= 11 is 0. The SMILES string of the molecule is O=C(O)c1ccc(CCc2cccc(NC(=O)c3cc(N4CCCCC4)ccc3[N+](=O)[O-])c2)cc1. The normalized spacial score (nSPS) is 13.3. The number of nitrogens with one attached hydrogen (secondary N) is 1. The molecule has 4 rings (SSSR count). The van der Waals surface area contributed by atoms with Crippen LogP contribution in [0.2, 0.25) is 0 Å². The lowest BCUT2D eigenvalue weighted by Crippen LogP contribution is -2.29. The van der Waals surface area contributed by atoms with E-state index in [4.69, 9.17) is 5.11 Å². The molecule has 0 spiro atoms. The Balaban J connectivity index is 1.47. The molecule has 2 N–H and O–H groups in total. The molecular formula is C27H27N3O5. The summed E-state index contributed by atoms with van der Waals surface area (Å²) in [7, 11) is 0. The lowest BCUT2D eigenvalue weighted by molar-refractivity contribution is -0.385. The molecule has 0 radical (unpaired) electrons. The fourth-order valence-electron chi connectivity index (χ4n) is 4.32. The highest BCUT2D eigenvalue weighted by Crippen LogP contribution is 2.28. The molecule has 0 bridgehead atoms. The Bertz CT molecular complexity index is 1230. The van der Waals surface area contributed by atoms with E-state index in [2.05, 4.69) is 10.2 Å². The number of carboxylic acid groups (broad SMARTS) is 1. The molecule has 8 heteroatoms. The number of carboxylic acids is 1. The molecule has 0 aliphatic carbocycles. The summed E-state index contributed by atoms with van der Waals surface area (Å²) in [6.07, 6.45) is 4.70. The minimum Gasteiger partial charge on any atom is -0.478 e. The first-order valence-electron chi connectivity index (χ1n) is 11.7. The zero-order valence-electron chi connectivity index (χ0n) is 19.3. The number of hydrogen-bond acceptors (Lipinski definition) is 5. The fraction of sp³-hybridized carbons (Fsp3) is 0.259. The third-order valence-corrected chi connectivity index (χ3v) is 6.23. The Morgan fingerprint density at radius 3 is 2.31 bits per heavy atom. The molecule has 8 nitrogen and oxygen atoms in total. The van der Waals surface area contributed by atoms with E-state index in [1.807, 2.05) is 18.2 Å². The van der Waals surface area contributed by atoms with Crippen LogP contribution < -0.4 is 10.2 Å². The van der Waals surface area contributed by atoms with Gasteiger partial charge >= 0.3 is 5.97 Å². The van der Waals surface area contributed by atoms with Gasteiger partial charge in [0.1, 0.15) is 5.56 Å². The smallest absolute Gasteiger partial charge is 0.335 e. The van der Waals surface area contributed by atoms with Gasteiger partial charge in [0.2, 0.25) is 0 Å². The minimum atomic E-state index is -0.957. The van der Waals surface area contributed by atoms with Crippen LogP contribution >= 0.6 is 0 Å². The van der Waals surface area contributed by atoms with Gasteiger partial charge in [-0.1, -0.05) is 24.3 Å². The Morgan fingerprint density at radius 2 is 1.63 bits per heavy atom. The lowest BCUT2D eigenvalue weighted by Gasteiger charge is -2.29. The molecule has 1 fully saturated rings. The quantitative estimate of drug-likeness (QED) is 0.338. The van der Waals surface area contributed by atoms with Crippen molar-refractivity contribution >= 4 is 28.9 Å². The molecular weight excluding hydrogens is 446 g/mol. The van der Waals surface area contributed by atoms with Crippen molar-refractivity contribution in [2.45, 2.75) is 32.1 Å². The average molecular weight is 474 g/mol. The van der Waals surface area contributed by atoms with Gasteiger partial charge in [0.25, 0.3) is 11.6 Å². The Morgan fingerprint density at radius 1 is 0.914 bits per heavy atom. The van der Waals surface area contributed by atoms with Crippen LogP contribution in [0.5, 0.6) is 0 Å². The van der Waals surface area contributed by atoms with E-state index in [9.17, 15) is 19.7 Å². The van der Waals surface area contributed by atoms with E-state index in [1.165, 1.54) is 12.5 Å². The standard InChI is InChI=1S/C27H27N3O5/c31-26(24-18-23(13-14-25(24)30(34)35)29-15-2-1-3-16-29)28-22-6-4-5-20(17-22)8-7-19-9-11-21(12-10-19)27(32)33/h4-6,9-14,17-18H,1-3,7-8,15-16H2,(H,28,31)(H,32,33). The van der Waals surface area contributed by atoms with Crippen LogP contribution in [-0.2, 0) is 12.8 Å². The van der Waals surface area contributed by atoms with Crippen LogP contribution in [0.15, 0.2) is 66.7 Å². The van der Waals surface area contributed by atoms with Crippen molar-refractivity contribution in [1.82, 2.24) is 0 Å². The van der Waals surface area contributed by atoms with Crippen LogP contribution in [0.1, 0.15) is 51.1 Å². The molecule has 1 saturated heterocycles. The van der Waals surface area contributed by atoms with Gasteiger partial charge in [-0.3, -0.25) is 14.9 Å². The molecule has 0 saturated carbocycles. The molecule has 3 aromatic rings. The second kappa shape index (κ2) is 10.8. The summed E-state index contributed by atoms with van der Waals surface area (Å²) in [6, 6.07) is 18.9. The number of nitro groups is 1. The molecule has 0 atom stereocenters. The summed E-state index contributed by atoms with van der Waals surface area (Å²) in [5.74, 6) is -1.47. The van der Waals surface area contributed by atoms with Gasteiger partial charge in [0.15, 0.2) is 0 Å². The van der Waals surface area contributed by atoms with E-state index in [1.54, 1.807) is 42.5 Å². The average Bonchev–Trinajstić information content (AvgIpc) is 2.88. The number of piperidine rings is 1. The zero-order valence-corrected chi connectivity index (χ0v) is 19.3. The molecule has 1 amide bonds. The monoisotopic (exact) mass is 473 g/mol. The number of aryl methyl sites for hydroxylation is 2. The van der Waals surface area contributed by atoms with Crippen molar-refractivity contribution in [1.29, 1.82) is 0 Å². The molecule has 35 heavy (non-hydrogen) atoms. The number of nitrogens with zero attached hydrogens (tertiary/aromatic N) is 2. The first-order valence-corrected chi connectivity index (χ1v) is 11.7. The molecule has 1 heterocycles. The van der Waals surface area contributed by atoms with Crippen molar-refractivity contribution in [2.24, 2.45) is 0 Å². The molecule has 180 valence electrons. The van der Waals surface area contributed by atoms with Crippen LogP contribution in [0, 0.1) is 10.1 Å². The summed E-state index contributed by atoms with van der Waals surface area (Å²) in [5.41, 5.74) is 3.45. The fourth-order valence-corrected chi connectivity index (χ4v) is 4.32. The number of nitro benzene ring substituents is 1. The van der Waals surface area contributed by atoms with E-state index in [-0.39, 0.29) is 16.8 Å². The summed E-state index contributed by atoms with van der Waals surface area (Å²) in [4.78, 5) is 37.3. The zero-order chi connectivity index (χ0) is 24.8. The lowest BCUT2D eigenvalue weighted by atomic mass is 10.0. The van der Waals surface area contributed by atoms with E-state index < -0.39 is 16.8 Å². The highest BCUT2D eigenvalue weighted by atomic mass is 16.6. The molecule has 0 unspecified atom stereocenters. The second-order valence-corrected chi connectivity index (χ2v) is 8.66. The maximum atomic E-state index is 13.1. The number of carbonyl (C=O) groups is 2. The third kappa shape index (κ3) is 6.03. The number of anilines is 2. The van der Waals surface area contributed by atoms with Crippen LogP contribution in [0.4, 0.5) is 17.1 Å². The number of hydrogen-bond donors (Lipinski definition) is 2. The first-order chi connectivity index (χ1) is 16.9. The molecule has 1 aliphatic rings. The third-order valence-electron chi connectivity index (χ3n) is 6.23. The number of carbonyl (C=O) groups excluding carboxylic acids is 1. The van der Waals surface area contributed by atoms with Crippen LogP contribution in [0.3, 0.4) is 0 Å². The summed E-state index contributed by atoms with van der Waals surface area (Å²) in [5, 5.41) is 23.4. The van der Waals surface area contributed by atoms with Crippen LogP contribution in [-0.4, -0.2) is 35.0 Å². The predicted molar refractivity (Wildman–Crippen MR) is 134 cm³/mol. The Kier molecular flexibility index (Phi) is 7.40. The van der Waals surface area contributed by atoms with Crippen molar-refractivity contribution in [3.63, 3.8) is 0 Å². The van der Waals surface area contributed by atoms with Crippen molar-refractivity contribution in [3.8, 4) is 0 Å². The number of aromatic carboxylic acids is 1.